The molecule has 2 nitrogen and oxygen atoms in total. The van der Waals surface area contributed by atoms with Crippen LogP contribution in [0.2, 0.25) is 0 Å². The van der Waals surface area contributed by atoms with Crippen LogP contribution < -0.4 is 5.73 Å². The van der Waals surface area contributed by atoms with E-state index >= 15 is 0 Å². The van der Waals surface area contributed by atoms with E-state index in [1.54, 1.807) is 0 Å². The lowest BCUT2D eigenvalue weighted by atomic mass is 9.98. The van der Waals surface area contributed by atoms with E-state index < -0.39 is 0 Å². The van der Waals surface area contributed by atoms with Crippen LogP contribution in [0.1, 0.15) is 37.7 Å². The Morgan fingerprint density at radius 3 is 3.06 bits per heavy atom. The van der Waals surface area contributed by atoms with Crippen molar-refractivity contribution >= 4 is 5.69 Å². The summed E-state index contributed by atoms with van der Waals surface area (Å²) in [5.74, 6) is 0.695. The Bertz CT molecular complexity index is 335. The van der Waals surface area contributed by atoms with Gasteiger partial charge in [-0.25, -0.2) is 0 Å². The molecule has 1 aliphatic heterocycles. The monoisotopic (exact) mass is 218 g/mol. The Kier molecular flexibility index (Phi) is 3.83. The fourth-order valence-electron chi connectivity index (χ4n) is 2.50. The quantitative estimate of drug-likeness (QED) is 0.787. The smallest absolute Gasteiger partial charge is 0.0316 e. The van der Waals surface area contributed by atoms with Crippen LogP contribution in [0.5, 0.6) is 0 Å². The Hall–Kier alpha value is -1.02. The van der Waals surface area contributed by atoms with Gasteiger partial charge in [0.1, 0.15) is 0 Å². The molecule has 1 saturated heterocycles. The third kappa shape index (κ3) is 2.76. The first-order chi connectivity index (χ1) is 7.79. The Balaban J connectivity index is 1.93. The largest absolute Gasteiger partial charge is 0.399 e. The Morgan fingerprint density at radius 2 is 2.31 bits per heavy atom. The predicted molar refractivity (Wildman–Crippen MR) is 69.6 cm³/mol. The van der Waals surface area contributed by atoms with Crippen LogP contribution in [0.3, 0.4) is 0 Å². The van der Waals surface area contributed by atoms with Crippen molar-refractivity contribution in [1.29, 1.82) is 0 Å². The highest BCUT2D eigenvalue weighted by molar-refractivity contribution is 5.42. The molecule has 1 fully saturated rings. The summed E-state index contributed by atoms with van der Waals surface area (Å²) in [6, 6.07) is 8.38. The fourth-order valence-corrected chi connectivity index (χ4v) is 2.50. The number of hydrogen-bond acceptors (Lipinski definition) is 2. The molecule has 2 rings (SSSR count). The maximum Gasteiger partial charge on any atom is 0.0316 e. The normalized spacial score (nSPS) is 21.4. The predicted octanol–water partition coefficient (Wildman–Crippen LogP) is 2.86. The lowest BCUT2D eigenvalue weighted by Crippen LogP contribution is -2.21. The molecule has 1 aromatic rings. The van der Waals surface area contributed by atoms with E-state index in [0.717, 1.165) is 5.69 Å². The van der Waals surface area contributed by atoms with Gasteiger partial charge >= 0.3 is 0 Å². The van der Waals surface area contributed by atoms with Gasteiger partial charge in [0.05, 0.1) is 0 Å². The van der Waals surface area contributed by atoms with Crippen molar-refractivity contribution in [3.8, 4) is 0 Å². The minimum atomic E-state index is 0.695. The molecule has 1 atom stereocenters. The van der Waals surface area contributed by atoms with Gasteiger partial charge in [-0.3, -0.25) is 0 Å². The summed E-state index contributed by atoms with van der Waals surface area (Å²) in [5, 5.41) is 0. The number of likely N-dealkylation sites (tertiary alicyclic amines) is 1. The Labute approximate surface area is 98.4 Å². The van der Waals surface area contributed by atoms with Gasteiger partial charge in [0.25, 0.3) is 0 Å². The van der Waals surface area contributed by atoms with Crippen LogP contribution >= 0.6 is 0 Å². The molecule has 1 heterocycles. The molecule has 88 valence electrons. The summed E-state index contributed by atoms with van der Waals surface area (Å²) in [4.78, 5) is 2.58. The molecule has 0 amide bonds. The van der Waals surface area contributed by atoms with Crippen LogP contribution in [-0.4, -0.2) is 24.5 Å². The molecule has 1 aliphatic rings. The van der Waals surface area contributed by atoms with Crippen LogP contribution in [0, 0.1) is 0 Å². The van der Waals surface area contributed by atoms with E-state index in [9.17, 15) is 0 Å². The van der Waals surface area contributed by atoms with Crippen LogP contribution in [0.25, 0.3) is 0 Å². The summed E-state index contributed by atoms with van der Waals surface area (Å²) in [6.07, 6.45) is 3.90. The number of nitrogens with two attached hydrogens (primary N) is 1. The third-order valence-electron chi connectivity index (χ3n) is 3.48. The summed E-state index contributed by atoms with van der Waals surface area (Å²) in [7, 11) is 0. The highest BCUT2D eigenvalue weighted by atomic mass is 15.1. The molecule has 0 aromatic heterocycles. The van der Waals surface area contributed by atoms with Gasteiger partial charge in [-0.15, -0.1) is 0 Å². The number of anilines is 1. The lowest BCUT2D eigenvalue weighted by molar-refractivity contribution is 0.328. The van der Waals surface area contributed by atoms with Crippen molar-refractivity contribution in [2.45, 2.75) is 32.1 Å². The van der Waals surface area contributed by atoms with Crippen LogP contribution in [-0.2, 0) is 0 Å². The molecule has 0 aliphatic carbocycles. The first kappa shape index (κ1) is 11.5. The molecule has 0 saturated carbocycles. The zero-order valence-corrected chi connectivity index (χ0v) is 10.2. The average Bonchev–Trinajstić information content (AvgIpc) is 2.75. The van der Waals surface area contributed by atoms with Gasteiger partial charge in [0.2, 0.25) is 0 Å². The van der Waals surface area contributed by atoms with Gasteiger partial charge in [-0.2, -0.15) is 0 Å². The molecule has 0 spiro atoms. The molecule has 2 heteroatoms. The molecule has 16 heavy (non-hydrogen) atoms. The van der Waals surface area contributed by atoms with E-state index in [2.05, 4.69) is 30.0 Å². The third-order valence-corrected chi connectivity index (χ3v) is 3.48. The maximum atomic E-state index is 5.83. The number of nitrogen functional groups attached to an aromatic ring is 1. The van der Waals surface area contributed by atoms with E-state index in [1.807, 2.05) is 6.07 Å². The average molecular weight is 218 g/mol. The van der Waals surface area contributed by atoms with Gasteiger partial charge in [0, 0.05) is 12.2 Å². The molecule has 0 bridgehead atoms. The SMILES string of the molecule is CCCCN1CCC(c2cccc(N)c2)C1. The maximum absolute atomic E-state index is 5.83. The number of benzene rings is 1. The number of hydrogen-bond donors (Lipinski definition) is 1. The summed E-state index contributed by atoms with van der Waals surface area (Å²) < 4.78 is 0. The minimum absolute atomic E-state index is 0.695. The van der Waals surface area contributed by atoms with Gasteiger partial charge < -0.3 is 10.6 Å². The number of rotatable bonds is 4. The van der Waals surface area contributed by atoms with Crippen LogP contribution in [0.4, 0.5) is 5.69 Å². The molecule has 1 unspecified atom stereocenters. The zero-order chi connectivity index (χ0) is 11.4. The molecule has 0 radical (unpaired) electrons. The number of unbranched alkanes of at least 4 members (excludes halogenated alkanes) is 1. The zero-order valence-electron chi connectivity index (χ0n) is 10.2. The number of nitrogens with zero attached hydrogens (tertiary/aromatic N) is 1. The minimum Gasteiger partial charge on any atom is -0.399 e. The summed E-state index contributed by atoms with van der Waals surface area (Å²) >= 11 is 0. The second-order valence-electron chi connectivity index (χ2n) is 4.81. The van der Waals surface area contributed by atoms with Crippen molar-refractivity contribution in [2.75, 3.05) is 25.4 Å². The summed E-state index contributed by atoms with van der Waals surface area (Å²) in [5.41, 5.74) is 8.14. The molecular weight excluding hydrogens is 196 g/mol. The summed E-state index contributed by atoms with van der Waals surface area (Å²) in [6.45, 7) is 5.98. The van der Waals surface area contributed by atoms with Crippen molar-refractivity contribution in [2.24, 2.45) is 0 Å². The van der Waals surface area contributed by atoms with Crippen molar-refractivity contribution in [3.05, 3.63) is 29.8 Å². The molecule has 1 aromatic carbocycles. The van der Waals surface area contributed by atoms with Gasteiger partial charge in [0.15, 0.2) is 0 Å². The van der Waals surface area contributed by atoms with Gasteiger partial charge in [-0.1, -0.05) is 25.5 Å². The van der Waals surface area contributed by atoms with Crippen molar-refractivity contribution in [3.63, 3.8) is 0 Å². The molecular formula is C14H22N2. The highest BCUT2D eigenvalue weighted by Gasteiger charge is 2.23. The molecule has 2 N–H and O–H groups in total. The lowest BCUT2D eigenvalue weighted by Gasteiger charge is -2.15. The van der Waals surface area contributed by atoms with Gasteiger partial charge in [-0.05, 0) is 49.5 Å². The van der Waals surface area contributed by atoms with Crippen LogP contribution in [0.15, 0.2) is 24.3 Å². The van der Waals surface area contributed by atoms with Crippen molar-refractivity contribution < 1.29 is 0 Å². The van der Waals surface area contributed by atoms with Crippen molar-refractivity contribution in [1.82, 2.24) is 4.90 Å². The first-order valence-corrected chi connectivity index (χ1v) is 6.37. The second-order valence-corrected chi connectivity index (χ2v) is 4.81. The fraction of sp³-hybridized carbons (Fsp3) is 0.571. The topological polar surface area (TPSA) is 29.3 Å². The first-order valence-electron chi connectivity index (χ1n) is 6.37. The Morgan fingerprint density at radius 1 is 1.44 bits per heavy atom. The second kappa shape index (κ2) is 5.35. The van der Waals surface area contributed by atoms with E-state index in [-0.39, 0.29) is 0 Å². The highest BCUT2D eigenvalue weighted by Crippen LogP contribution is 2.28. The van der Waals surface area contributed by atoms with E-state index in [1.165, 1.54) is 44.5 Å². The standard InChI is InChI=1S/C14H22N2/c1-2-3-8-16-9-7-13(11-16)12-5-4-6-14(15)10-12/h4-6,10,13H,2-3,7-9,11,15H2,1H3. The van der Waals surface area contributed by atoms with E-state index in [4.69, 9.17) is 5.73 Å². The van der Waals surface area contributed by atoms with E-state index in [0.29, 0.717) is 5.92 Å².